The Morgan fingerprint density at radius 3 is 2.66 bits per heavy atom. The lowest BCUT2D eigenvalue weighted by Crippen LogP contribution is -2.49. The molecule has 188 valence electrons. The predicted molar refractivity (Wildman–Crippen MR) is 140 cm³/mol. The van der Waals surface area contributed by atoms with Crippen LogP contribution in [0.1, 0.15) is 43.6 Å². The molecule has 0 spiro atoms. The average molecular weight is 480 g/mol. The Morgan fingerprint density at radius 1 is 1.29 bits per heavy atom. The third-order valence-corrected chi connectivity index (χ3v) is 7.04. The number of aromatic nitrogens is 2. The molecule has 0 radical (unpaired) electrons. The molecule has 0 amide bonds. The first-order valence-electron chi connectivity index (χ1n) is 12.7. The summed E-state index contributed by atoms with van der Waals surface area (Å²) in [5.74, 6) is 1.57. The Kier molecular flexibility index (Phi) is 8.06. The molecule has 0 aromatic carbocycles. The third-order valence-electron chi connectivity index (χ3n) is 7.04. The molecule has 2 aliphatic rings. The molecule has 1 atom stereocenters. The molecular weight excluding hydrogens is 441 g/mol. The Labute approximate surface area is 208 Å². The van der Waals surface area contributed by atoms with E-state index in [2.05, 4.69) is 65.7 Å². The molecule has 1 saturated heterocycles. The Morgan fingerprint density at radius 2 is 2.03 bits per heavy atom. The van der Waals surface area contributed by atoms with Crippen molar-refractivity contribution in [2.75, 3.05) is 44.7 Å². The van der Waals surface area contributed by atoms with Gasteiger partial charge in [-0.3, -0.25) is 9.88 Å². The largest absolute Gasteiger partial charge is 0.493 e. The second-order valence-corrected chi connectivity index (χ2v) is 9.62. The van der Waals surface area contributed by atoms with E-state index in [0.29, 0.717) is 11.6 Å². The summed E-state index contributed by atoms with van der Waals surface area (Å²) < 4.78 is 18.9. The Balaban J connectivity index is 1.49. The molecule has 1 unspecified atom stereocenters. The SMILES string of the molecule is C=C(NCC1CC1)/C(=C\C(C)N1CCN(c2ncc(F)cc2OC)CC1)c1ccc(CC)nc1C. The van der Waals surface area contributed by atoms with Gasteiger partial charge in [0.05, 0.1) is 13.3 Å². The van der Waals surface area contributed by atoms with E-state index in [-0.39, 0.29) is 11.9 Å². The second-order valence-electron chi connectivity index (χ2n) is 9.62. The summed E-state index contributed by atoms with van der Waals surface area (Å²) in [5.41, 5.74) is 5.39. The minimum absolute atomic E-state index is 0.222. The zero-order valence-corrected chi connectivity index (χ0v) is 21.5. The van der Waals surface area contributed by atoms with E-state index in [1.54, 1.807) is 7.11 Å². The number of allylic oxidation sites excluding steroid dienone is 1. The monoisotopic (exact) mass is 479 g/mol. The highest BCUT2D eigenvalue weighted by molar-refractivity contribution is 5.79. The lowest BCUT2D eigenvalue weighted by molar-refractivity contribution is 0.226. The topological polar surface area (TPSA) is 53.5 Å². The van der Waals surface area contributed by atoms with Crippen LogP contribution in [0.15, 0.2) is 42.7 Å². The van der Waals surface area contributed by atoms with Crippen LogP contribution in [0.25, 0.3) is 5.57 Å². The molecular formula is C28H38FN5O. The number of anilines is 1. The number of rotatable bonds is 10. The summed E-state index contributed by atoms with van der Waals surface area (Å²) >= 11 is 0. The lowest BCUT2D eigenvalue weighted by atomic mass is 9.98. The number of aryl methyl sites for hydroxylation is 2. The summed E-state index contributed by atoms with van der Waals surface area (Å²) in [4.78, 5) is 13.7. The number of hydrogen-bond donors (Lipinski definition) is 1. The first kappa shape index (κ1) is 25.2. The molecule has 1 aliphatic carbocycles. The van der Waals surface area contributed by atoms with Crippen LogP contribution in [0.5, 0.6) is 5.75 Å². The zero-order valence-electron chi connectivity index (χ0n) is 21.5. The Hall–Kier alpha value is -2.93. The van der Waals surface area contributed by atoms with Crippen LogP contribution in [-0.2, 0) is 6.42 Å². The van der Waals surface area contributed by atoms with E-state index in [9.17, 15) is 4.39 Å². The van der Waals surface area contributed by atoms with E-state index in [4.69, 9.17) is 9.72 Å². The highest BCUT2D eigenvalue weighted by Gasteiger charge is 2.25. The van der Waals surface area contributed by atoms with Gasteiger partial charge < -0.3 is 15.0 Å². The number of piperazine rings is 1. The normalized spacial score (nSPS) is 17.9. The van der Waals surface area contributed by atoms with Gasteiger partial charge in [0.1, 0.15) is 5.82 Å². The summed E-state index contributed by atoms with van der Waals surface area (Å²) in [6, 6.07) is 5.93. The fourth-order valence-electron chi connectivity index (χ4n) is 4.62. The van der Waals surface area contributed by atoms with Crippen LogP contribution < -0.4 is 15.0 Å². The molecule has 1 aliphatic heterocycles. The molecule has 2 fully saturated rings. The van der Waals surface area contributed by atoms with Crippen molar-refractivity contribution >= 4 is 11.4 Å². The van der Waals surface area contributed by atoms with Crippen molar-refractivity contribution in [2.45, 2.75) is 46.1 Å². The quantitative estimate of drug-likeness (QED) is 0.503. The van der Waals surface area contributed by atoms with Crippen LogP contribution in [0.4, 0.5) is 10.2 Å². The molecule has 2 aromatic heterocycles. The summed E-state index contributed by atoms with van der Waals surface area (Å²) in [6.45, 7) is 15.2. The van der Waals surface area contributed by atoms with Gasteiger partial charge in [0.15, 0.2) is 11.6 Å². The number of methoxy groups -OCH3 is 1. The van der Waals surface area contributed by atoms with E-state index in [1.165, 1.54) is 25.1 Å². The predicted octanol–water partition coefficient (Wildman–Crippen LogP) is 4.60. The van der Waals surface area contributed by atoms with Crippen molar-refractivity contribution in [3.05, 3.63) is 65.5 Å². The Bertz CT molecular complexity index is 1070. The van der Waals surface area contributed by atoms with Gasteiger partial charge in [0.2, 0.25) is 0 Å². The number of hydrogen-bond acceptors (Lipinski definition) is 6. The molecule has 7 heteroatoms. The summed E-state index contributed by atoms with van der Waals surface area (Å²) in [7, 11) is 1.55. The molecule has 6 nitrogen and oxygen atoms in total. The minimum Gasteiger partial charge on any atom is -0.493 e. The summed E-state index contributed by atoms with van der Waals surface area (Å²) in [6.07, 6.45) is 7.11. The number of nitrogens with one attached hydrogen (secondary N) is 1. The molecule has 0 bridgehead atoms. The van der Waals surface area contributed by atoms with Gasteiger partial charge in [-0.25, -0.2) is 9.37 Å². The van der Waals surface area contributed by atoms with E-state index in [1.807, 2.05) is 0 Å². The van der Waals surface area contributed by atoms with Crippen LogP contribution in [-0.4, -0.2) is 60.7 Å². The van der Waals surface area contributed by atoms with Crippen molar-refractivity contribution in [3.8, 4) is 5.75 Å². The van der Waals surface area contributed by atoms with E-state index in [0.717, 1.165) is 73.3 Å². The molecule has 3 heterocycles. The maximum absolute atomic E-state index is 13.6. The third kappa shape index (κ3) is 6.20. The van der Waals surface area contributed by atoms with Crippen molar-refractivity contribution in [1.29, 1.82) is 0 Å². The highest BCUT2D eigenvalue weighted by atomic mass is 19.1. The van der Waals surface area contributed by atoms with Crippen molar-refractivity contribution < 1.29 is 9.13 Å². The van der Waals surface area contributed by atoms with Gasteiger partial charge in [-0.1, -0.05) is 25.6 Å². The van der Waals surface area contributed by atoms with Gasteiger partial charge in [-0.05, 0) is 45.1 Å². The van der Waals surface area contributed by atoms with Gasteiger partial charge in [0.25, 0.3) is 0 Å². The number of nitrogens with zero attached hydrogens (tertiary/aromatic N) is 4. The van der Waals surface area contributed by atoms with Gasteiger partial charge in [-0.15, -0.1) is 0 Å². The van der Waals surface area contributed by atoms with Gasteiger partial charge in [0, 0.05) is 73.1 Å². The molecule has 35 heavy (non-hydrogen) atoms. The molecule has 2 aromatic rings. The van der Waals surface area contributed by atoms with Gasteiger partial charge in [-0.2, -0.15) is 0 Å². The van der Waals surface area contributed by atoms with Crippen LogP contribution >= 0.6 is 0 Å². The number of ether oxygens (including phenoxy) is 1. The fourth-order valence-corrected chi connectivity index (χ4v) is 4.62. The van der Waals surface area contributed by atoms with Crippen molar-refractivity contribution in [1.82, 2.24) is 20.2 Å². The standard InChI is InChI=1S/C28H38FN5O/c1-6-24-9-10-25(21(4)32-24)26(20(3)30-17-22-7-8-22)15-19(2)33-11-13-34(14-12-33)28-27(35-5)16-23(29)18-31-28/h9-10,15-16,18-19,22,30H,3,6-8,11-14,17H2,1-2,4-5H3/b26-15+. The maximum Gasteiger partial charge on any atom is 0.171 e. The smallest absolute Gasteiger partial charge is 0.171 e. The maximum atomic E-state index is 13.6. The fraction of sp³-hybridized carbons (Fsp3) is 0.500. The van der Waals surface area contributed by atoms with Crippen molar-refractivity contribution in [3.63, 3.8) is 0 Å². The molecule has 4 rings (SSSR count). The van der Waals surface area contributed by atoms with E-state index < -0.39 is 0 Å². The van der Waals surface area contributed by atoms with Crippen LogP contribution in [0.2, 0.25) is 0 Å². The second kappa shape index (κ2) is 11.2. The van der Waals surface area contributed by atoms with Crippen LogP contribution in [0, 0.1) is 18.7 Å². The van der Waals surface area contributed by atoms with Crippen LogP contribution in [0.3, 0.4) is 0 Å². The zero-order chi connectivity index (χ0) is 24.9. The highest BCUT2D eigenvalue weighted by Crippen LogP contribution is 2.31. The summed E-state index contributed by atoms with van der Waals surface area (Å²) in [5, 5.41) is 3.58. The number of pyridine rings is 2. The van der Waals surface area contributed by atoms with Crippen molar-refractivity contribution in [2.24, 2.45) is 5.92 Å². The molecule has 1 saturated carbocycles. The first-order valence-corrected chi connectivity index (χ1v) is 12.7. The lowest BCUT2D eigenvalue weighted by Gasteiger charge is -2.38. The molecule has 1 N–H and O–H groups in total. The number of halogens is 1. The van der Waals surface area contributed by atoms with E-state index >= 15 is 0 Å². The van der Waals surface area contributed by atoms with Gasteiger partial charge >= 0.3 is 0 Å². The minimum atomic E-state index is -0.386. The average Bonchev–Trinajstić information content (AvgIpc) is 3.70. The first-order chi connectivity index (χ1) is 16.9.